The number of carbonyl (C=O) groups excluding carboxylic acids is 1. The molecule has 5 aliphatic rings. The molecule has 2 aliphatic heterocycles. The van der Waals surface area contributed by atoms with Gasteiger partial charge >= 0.3 is 0 Å². The normalized spacial score (nSPS) is 43.2. The van der Waals surface area contributed by atoms with E-state index in [9.17, 15) is 9.90 Å². The lowest BCUT2D eigenvalue weighted by Crippen LogP contribution is -2.59. The number of amides is 1. The fourth-order valence-electron chi connectivity index (χ4n) is 7.95. The van der Waals surface area contributed by atoms with Gasteiger partial charge in [0.05, 0.1) is 6.10 Å². The van der Waals surface area contributed by atoms with E-state index in [1.807, 2.05) is 30.1 Å². The Morgan fingerprint density at radius 3 is 2.78 bits per heavy atom. The number of hydrogen-bond donors (Lipinski definition) is 1. The molecule has 6 rings (SSSR count). The summed E-state index contributed by atoms with van der Waals surface area (Å²) in [6.07, 6.45) is 11.1. The zero-order chi connectivity index (χ0) is 22.3. The van der Waals surface area contributed by atoms with Gasteiger partial charge in [0.2, 0.25) is 12.7 Å². The maximum atomic E-state index is 12.3. The van der Waals surface area contributed by atoms with E-state index in [4.69, 9.17) is 9.47 Å². The monoisotopic (exact) mass is 435 g/mol. The summed E-state index contributed by atoms with van der Waals surface area (Å²) >= 11 is 0. The van der Waals surface area contributed by atoms with E-state index in [1.165, 1.54) is 0 Å². The summed E-state index contributed by atoms with van der Waals surface area (Å²) in [5, 5.41) is 11.5. The molecule has 5 heteroatoms. The lowest BCUT2D eigenvalue weighted by molar-refractivity contribution is -0.140. The molecule has 170 valence electrons. The van der Waals surface area contributed by atoms with Crippen LogP contribution in [0.4, 0.5) is 0 Å². The molecule has 32 heavy (non-hydrogen) atoms. The standard InChI is InChI=1S/C27H33NO4/c1-26-11-9-24(29)28(3)23(26)7-5-18-19(26)8-10-27(2)20(18)14-17(25(27)30)12-16-4-6-21-22(13-16)32-15-31-21/h4,6,9,11-13,18-20,23,25,30H,5,7-8,10,14-15H2,1-3H3/t18-,19+,20+,23-,25+,26-,27+/m1/s1. The van der Waals surface area contributed by atoms with E-state index in [0.717, 1.165) is 54.7 Å². The summed E-state index contributed by atoms with van der Waals surface area (Å²) < 4.78 is 11.0. The van der Waals surface area contributed by atoms with Crippen molar-refractivity contribution in [1.82, 2.24) is 4.90 Å². The van der Waals surface area contributed by atoms with Gasteiger partial charge in [-0.2, -0.15) is 0 Å². The van der Waals surface area contributed by atoms with Gasteiger partial charge in [-0.15, -0.1) is 0 Å². The first-order valence-corrected chi connectivity index (χ1v) is 12.1. The van der Waals surface area contributed by atoms with E-state index in [-0.39, 0.29) is 23.5 Å². The zero-order valence-corrected chi connectivity index (χ0v) is 19.2. The van der Waals surface area contributed by atoms with Gasteiger partial charge in [0, 0.05) is 23.9 Å². The van der Waals surface area contributed by atoms with Gasteiger partial charge in [-0.1, -0.05) is 32.1 Å². The number of likely N-dealkylation sites (N-methyl/N-ethyl adjacent to an activating group) is 1. The molecule has 7 atom stereocenters. The predicted octanol–water partition coefficient (Wildman–Crippen LogP) is 4.41. The smallest absolute Gasteiger partial charge is 0.246 e. The van der Waals surface area contributed by atoms with Crippen molar-refractivity contribution in [2.45, 2.75) is 58.1 Å². The Hall–Kier alpha value is -2.27. The summed E-state index contributed by atoms with van der Waals surface area (Å²) in [6, 6.07) is 6.31. The second-order valence-electron chi connectivity index (χ2n) is 11.1. The van der Waals surface area contributed by atoms with Crippen LogP contribution in [-0.4, -0.2) is 41.9 Å². The van der Waals surface area contributed by atoms with Gasteiger partial charge in [-0.05, 0) is 79.2 Å². The maximum absolute atomic E-state index is 12.3. The number of ether oxygens (including phenoxy) is 2. The Morgan fingerprint density at radius 1 is 1.12 bits per heavy atom. The molecule has 0 bridgehead atoms. The molecule has 3 saturated carbocycles. The first-order valence-electron chi connectivity index (χ1n) is 12.1. The van der Waals surface area contributed by atoms with Crippen molar-refractivity contribution < 1.29 is 19.4 Å². The molecule has 0 aromatic heterocycles. The average molecular weight is 436 g/mol. The van der Waals surface area contributed by atoms with Crippen LogP contribution in [-0.2, 0) is 4.79 Å². The molecule has 1 aromatic rings. The molecule has 0 saturated heterocycles. The SMILES string of the molecule is CN1C(=O)C=C[C@]2(C)[C@H]3CC[C@]4(C)[C@@H](O)C(=Cc5ccc6c(c5)OCO6)C[C@H]4[C@@H]3CC[C@@H]12. The Kier molecular flexibility index (Phi) is 4.36. The van der Waals surface area contributed by atoms with E-state index in [1.54, 1.807) is 6.08 Å². The highest BCUT2D eigenvalue weighted by Crippen LogP contribution is 2.65. The fourth-order valence-corrected chi connectivity index (χ4v) is 7.95. The van der Waals surface area contributed by atoms with Gasteiger partial charge < -0.3 is 19.5 Å². The largest absolute Gasteiger partial charge is 0.454 e. The minimum Gasteiger partial charge on any atom is -0.454 e. The van der Waals surface area contributed by atoms with Crippen molar-refractivity contribution in [3.8, 4) is 11.5 Å². The molecule has 0 radical (unpaired) electrons. The van der Waals surface area contributed by atoms with Crippen LogP contribution in [0.5, 0.6) is 11.5 Å². The van der Waals surface area contributed by atoms with Crippen molar-refractivity contribution >= 4 is 12.0 Å². The summed E-state index contributed by atoms with van der Waals surface area (Å²) in [5.41, 5.74) is 2.16. The summed E-state index contributed by atoms with van der Waals surface area (Å²) in [7, 11) is 1.97. The van der Waals surface area contributed by atoms with E-state index < -0.39 is 6.10 Å². The van der Waals surface area contributed by atoms with Crippen LogP contribution in [0.25, 0.3) is 6.08 Å². The van der Waals surface area contributed by atoms with Crippen LogP contribution in [0.2, 0.25) is 0 Å². The number of nitrogens with zero attached hydrogens (tertiary/aromatic N) is 1. The quantitative estimate of drug-likeness (QED) is 0.710. The van der Waals surface area contributed by atoms with Gasteiger partial charge in [-0.3, -0.25) is 4.79 Å². The second-order valence-corrected chi connectivity index (χ2v) is 11.1. The van der Waals surface area contributed by atoms with Gasteiger partial charge in [0.25, 0.3) is 0 Å². The first-order chi connectivity index (χ1) is 15.3. The number of fused-ring (bicyclic) bond motifs is 6. The van der Waals surface area contributed by atoms with Crippen LogP contribution in [0.1, 0.15) is 51.5 Å². The Labute approximate surface area is 190 Å². The van der Waals surface area contributed by atoms with Crippen molar-refractivity contribution in [3.05, 3.63) is 41.5 Å². The second kappa shape index (κ2) is 6.86. The van der Waals surface area contributed by atoms with Crippen LogP contribution >= 0.6 is 0 Å². The van der Waals surface area contributed by atoms with E-state index in [0.29, 0.717) is 23.8 Å². The van der Waals surface area contributed by atoms with Crippen LogP contribution in [0.3, 0.4) is 0 Å². The maximum Gasteiger partial charge on any atom is 0.246 e. The minimum absolute atomic E-state index is 0.0294. The minimum atomic E-state index is -0.407. The third-order valence-corrected chi connectivity index (χ3v) is 9.75. The highest BCUT2D eigenvalue weighted by molar-refractivity contribution is 5.89. The summed E-state index contributed by atoms with van der Waals surface area (Å²) in [5.74, 6) is 3.32. The summed E-state index contributed by atoms with van der Waals surface area (Å²) in [6.45, 7) is 4.95. The Bertz CT molecular complexity index is 1030. The first kappa shape index (κ1) is 20.3. The van der Waals surface area contributed by atoms with Crippen molar-refractivity contribution in [1.29, 1.82) is 0 Å². The van der Waals surface area contributed by atoms with Crippen LogP contribution < -0.4 is 9.47 Å². The molecule has 1 N–H and O–H groups in total. The van der Waals surface area contributed by atoms with Crippen molar-refractivity contribution in [3.63, 3.8) is 0 Å². The van der Waals surface area contributed by atoms with Crippen molar-refractivity contribution in [2.24, 2.45) is 28.6 Å². The number of aliphatic hydroxyl groups is 1. The van der Waals surface area contributed by atoms with Crippen molar-refractivity contribution in [2.75, 3.05) is 13.8 Å². The zero-order valence-electron chi connectivity index (χ0n) is 19.2. The molecule has 0 spiro atoms. The molecule has 0 unspecified atom stereocenters. The third kappa shape index (κ3) is 2.70. The van der Waals surface area contributed by atoms with Crippen LogP contribution in [0, 0.1) is 28.6 Å². The highest BCUT2D eigenvalue weighted by atomic mass is 16.7. The highest BCUT2D eigenvalue weighted by Gasteiger charge is 2.61. The Balaban J connectivity index is 1.32. The number of aliphatic hydroxyl groups excluding tert-OH is 1. The molecule has 2 heterocycles. The molecule has 3 fully saturated rings. The number of rotatable bonds is 1. The lowest BCUT2D eigenvalue weighted by atomic mass is 9.48. The molecule has 5 nitrogen and oxygen atoms in total. The molecule has 1 amide bonds. The van der Waals surface area contributed by atoms with E-state index >= 15 is 0 Å². The molecular formula is C27H33NO4. The molecule has 1 aromatic carbocycles. The summed E-state index contributed by atoms with van der Waals surface area (Å²) in [4.78, 5) is 14.3. The average Bonchev–Trinajstić information content (AvgIpc) is 3.34. The van der Waals surface area contributed by atoms with Crippen LogP contribution in [0.15, 0.2) is 35.9 Å². The number of carbonyl (C=O) groups is 1. The third-order valence-electron chi connectivity index (χ3n) is 9.75. The molecular weight excluding hydrogens is 402 g/mol. The fraction of sp³-hybridized carbons (Fsp3) is 0.593. The topological polar surface area (TPSA) is 59.0 Å². The number of benzene rings is 1. The number of hydrogen-bond acceptors (Lipinski definition) is 4. The van der Waals surface area contributed by atoms with Gasteiger partial charge in [-0.25, -0.2) is 0 Å². The van der Waals surface area contributed by atoms with Gasteiger partial charge in [0.15, 0.2) is 11.5 Å². The lowest BCUT2D eigenvalue weighted by Gasteiger charge is -2.59. The van der Waals surface area contributed by atoms with Gasteiger partial charge in [0.1, 0.15) is 0 Å². The molecule has 3 aliphatic carbocycles. The van der Waals surface area contributed by atoms with E-state index in [2.05, 4.69) is 26.0 Å². The predicted molar refractivity (Wildman–Crippen MR) is 122 cm³/mol. The Morgan fingerprint density at radius 2 is 1.94 bits per heavy atom.